The molecule has 2 aromatic carbocycles. The average molecular weight is 361 g/mol. The number of benzene rings is 2. The Morgan fingerprint density at radius 3 is 2.88 bits per heavy atom. The number of hydrogen-bond donors (Lipinski definition) is 1. The van der Waals surface area contributed by atoms with Gasteiger partial charge >= 0.3 is 0 Å². The second kappa shape index (κ2) is 9.94. The maximum absolute atomic E-state index is 10.5. The van der Waals surface area contributed by atoms with Crippen LogP contribution in [0.2, 0.25) is 0 Å². The summed E-state index contributed by atoms with van der Waals surface area (Å²) in [5.74, 6) is -2.13. The van der Waals surface area contributed by atoms with Gasteiger partial charge in [-0.15, -0.1) is 0 Å². The van der Waals surface area contributed by atoms with Crippen molar-refractivity contribution in [3.05, 3.63) is 53.4 Å². The summed E-state index contributed by atoms with van der Waals surface area (Å²) in [6.45, 7) is 0.390. The molecule has 1 atom stereocenters. The highest BCUT2D eigenvalue weighted by molar-refractivity contribution is 5.42. The van der Waals surface area contributed by atoms with Crippen LogP contribution in [-0.2, 0) is 6.37 Å². The number of aliphatic hydroxyl groups is 1. The molecule has 2 aromatic rings. The minimum Gasteiger partial charge on any atom is -0.493 e. The third-order valence-electron chi connectivity index (χ3n) is 2.80. The number of ether oxygens (including phenoxy) is 3. The SMILES string of the molecule is [2H]c1c([2H])c(C)c([2H])c(OCC(O)C([2H])([2H])CC([2H])([2H])C([2H])([2H])c2c([2H])c([2H])c(OC([2H])([2H])[2H])c(OC)c2[2H])c1[2H]. The molecule has 1 unspecified atom stereocenters. The van der Waals surface area contributed by atoms with E-state index < -0.39 is 104 Å². The van der Waals surface area contributed by atoms with Gasteiger partial charge in [0.1, 0.15) is 12.4 Å². The van der Waals surface area contributed by atoms with Crippen LogP contribution in [0.25, 0.3) is 0 Å². The molecule has 0 saturated carbocycles. The first-order valence-electron chi connectivity index (χ1n) is 15.2. The lowest BCUT2D eigenvalue weighted by molar-refractivity contribution is 0.0976. The molecule has 136 valence electrons. The van der Waals surface area contributed by atoms with Crippen molar-refractivity contribution in [2.45, 2.75) is 38.6 Å². The van der Waals surface area contributed by atoms with E-state index in [0.29, 0.717) is 0 Å². The highest BCUT2D eigenvalue weighted by Crippen LogP contribution is 2.28. The van der Waals surface area contributed by atoms with E-state index in [9.17, 15) is 5.11 Å². The van der Waals surface area contributed by atoms with E-state index in [4.69, 9.17) is 31.4 Å². The molecule has 0 radical (unpaired) electrons. The molecule has 25 heavy (non-hydrogen) atoms. The van der Waals surface area contributed by atoms with Gasteiger partial charge in [0.15, 0.2) is 11.5 Å². The van der Waals surface area contributed by atoms with E-state index in [-0.39, 0.29) is 11.6 Å². The Bertz CT molecular complexity index is 1280. The van der Waals surface area contributed by atoms with Gasteiger partial charge in [-0.3, -0.25) is 0 Å². The lowest BCUT2D eigenvalue weighted by Crippen LogP contribution is -2.17. The lowest BCUT2D eigenvalue weighted by atomic mass is 10.0. The molecular formula is C21H28O4. The molecule has 0 aliphatic rings. The molecule has 0 spiro atoms. The quantitative estimate of drug-likeness (QED) is 0.691. The first-order chi connectivity index (χ1) is 18.4. The van der Waals surface area contributed by atoms with E-state index in [1.54, 1.807) is 0 Å². The van der Waals surface area contributed by atoms with Crippen molar-refractivity contribution in [3.63, 3.8) is 0 Å². The topological polar surface area (TPSA) is 47.9 Å². The second-order valence-electron chi connectivity index (χ2n) is 4.68. The highest BCUT2D eigenvalue weighted by atomic mass is 16.5. The number of rotatable bonds is 10. The van der Waals surface area contributed by atoms with Crippen molar-refractivity contribution in [2.75, 3.05) is 20.8 Å². The minimum atomic E-state index is -3.37. The number of methoxy groups -OCH3 is 2. The van der Waals surface area contributed by atoms with Gasteiger partial charge in [-0.1, -0.05) is 24.5 Å². The maximum Gasteiger partial charge on any atom is 0.160 e. The molecule has 1 N–H and O–H groups in total. The zero-order chi connectivity index (χ0) is 32.0. The molecule has 0 aromatic heterocycles. The Kier molecular flexibility index (Phi) is 2.72. The zero-order valence-corrected chi connectivity index (χ0v) is 13.7. The summed E-state index contributed by atoms with van der Waals surface area (Å²) in [6, 6.07) is -5.15. The highest BCUT2D eigenvalue weighted by Gasteiger charge is 2.07. The third kappa shape index (κ3) is 6.31. The van der Waals surface area contributed by atoms with Crippen LogP contribution in [-0.4, -0.2) is 32.0 Å². The van der Waals surface area contributed by atoms with E-state index in [2.05, 4.69) is 4.74 Å². The summed E-state index contributed by atoms with van der Waals surface area (Å²) in [5, 5.41) is 10.5. The van der Waals surface area contributed by atoms with Gasteiger partial charge in [0.2, 0.25) is 0 Å². The van der Waals surface area contributed by atoms with Crippen LogP contribution >= 0.6 is 0 Å². The van der Waals surface area contributed by atoms with Crippen molar-refractivity contribution in [1.82, 2.24) is 0 Å². The summed E-state index contributed by atoms with van der Waals surface area (Å²) in [5.41, 5.74) is -1.05. The number of hydrogen-bond acceptors (Lipinski definition) is 4. The van der Waals surface area contributed by atoms with E-state index in [1.807, 2.05) is 0 Å². The summed E-state index contributed by atoms with van der Waals surface area (Å²) in [4.78, 5) is 0. The predicted molar refractivity (Wildman–Crippen MR) is 99.8 cm³/mol. The van der Waals surface area contributed by atoms with Crippen molar-refractivity contribution < 1.29 is 41.2 Å². The van der Waals surface area contributed by atoms with Crippen LogP contribution in [0.15, 0.2) is 42.3 Å². The van der Waals surface area contributed by atoms with Crippen molar-refractivity contribution in [1.29, 1.82) is 0 Å². The van der Waals surface area contributed by atoms with Crippen LogP contribution < -0.4 is 14.2 Å². The summed E-state index contributed by atoms with van der Waals surface area (Å²) >= 11 is 0. The van der Waals surface area contributed by atoms with Crippen molar-refractivity contribution in [2.24, 2.45) is 0 Å². The van der Waals surface area contributed by atoms with Crippen LogP contribution in [0.1, 0.15) is 52.2 Å². The Labute approximate surface area is 172 Å². The van der Waals surface area contributed by atoms with Gasteiger partial charge in [-0.25, -0.2) is 0 Å². The lowest BCUT2D eigenvalue weighted by Gasteiger charge is -2.13. The van der Waals surface area contributed by atoms with E-state index >= 15 is 0 Å². The van der Waals surface area contributed by atoms with Crippen LogP contribution in [0.3, 0.4) is 0 Å². The Balaban J connectivity index is 2.44. The van der Waals surface area contributed by atoms with E-state index in [1.165, 1.54) is 6.92 Å². The molecule has 0 aliphatic heterocycles. The molecule has 0 aliphatic carbocycles. The smallest absolute Gasteiger partial charge is 0.160 e. The molecule has 0 amide bonds. The third-order valence-corrected chi connectivity index (χ3v) is 2.80. The predicted octanol–water partition coefficient (Wildman–Crippen LogP) is 4.16. The van der Waals surface area contributed by atoms with Gasteiger partial charge < -0.3 is 19.3 Å². The van der Waals surface area contributed by atoms with E-state index in [0.717, 1.165) is 7.11 Å². The number of aliphatic hydroxyl groups excluding tert-OH is 1. The van der Waals surface area contributed by atoms with Crippen LogP contribution in [0, 0.1) is 6.92 Å². The monoisotopic (exact) mass is 360 g/mol. The molecule has 2 rings (SSSR count). The second-order valence-corrected chi connectivity index (χ2v) is 4.68. The zero-order valence-electron chi connectivity index (χ0n) is 29.7. The normalized spacial score (nSPS) is 23.3. The summed E-state index contributed by atoms with van der Waals surface area (Å²) in [7, 11) is -2.17. The first kappa shape index (κ1) is 6.84. The minimum absolute atomic E-state index is 0.0000907. The molecule has 4 nitrogen and oxygen atoms in total. The molecule has 4 heteroatoms. The standard InChI is InChI=1S/C21H28O4/c1-16-7-6-10-19(13-16)25-15-18(22)9-5-4-8-17-11-12-20(23-2)21(14-17)24-3/h6-7,10-14,18,22H,4-5,8-9,15H2,1-3H3/i2D3,4D2,6D,7D,8D2,9D2,10D,11D,12D,13D,14D. The summed E-state index contributed by atoms with van der Waals surface area (Å²) < 4.78 is 143. The van der Waals surface area contributed by atoms with Gasteiger partial charge in [0, 0.05) is 8.22 Å². The van der Waals surface area contributed by atoms with Gasteiger partial charge in [0.05, 0.1) is 34.0 Å². The van der Waals surface area contributed by atoms with Gasteiger partial charge in [0.25, 0.3) is 0 Å². The Morgan fingerprint density at radius 1 is 1.20 bits per heavy atom. The summed E-state index contributed by atoms with van der Waals surface area (Å²) in [6.07, 6.45) is -13.1. The molecular weight excluding hydrogens is 316 g/mol. The van der Waals surface area contributed by atoms with Crippen LogP contribution in [0.4, 0.5) is 0 Å². The molecule has 0 fully saturated rings. The van der Waals surface area contributed by atoms with Gasteiger partial charge in [-0.05, 0) is 61.3 Å². The Hall–Kier alpha value is -2.20. The molecule has 0 saturated heterocycles. The van der Waals surface area contributed by atoms with Gasteiger partial charge in [-0.2, -0.15) is 0 Å². The Morgan fingerprint density at radius 2 is 2.08 bits per heavy atom. The van der Waals surface area contributed by atoms with Crippen LogP contribution in [0.5, 0.6) is 17.2 Å². The fourth-order valence-electron chi connectivity index (χ4n) is 1.67. The maximum atomic E-state index is 10.5. The average Bonchev–Trinajstić information content (AvgIpc) is 2.83. The fourth-order valence-corrected chi connectivity index (χ4v) is 1.67. The fraction of sp³-hybridized carbons (Fsp3) is 0.429. The van der Waals surface area contributed by atoms with Crippen molar-refractivity contribution >= 4 is 0 Å². The largest absolute Gasteiger partial charge is 0.493 e. The molecule has 0 bridgehead atoms. The van der Waals surface area contributed by atoms with Crippen molar-refractivity contribution in [3.8, 4) is 17.2 Å². The molecule has 0 heterocycles. The first-order valence-corrected chi connectivity index (χ1v) is 7.18.